The Labute approximate surface area is 132 Å². The average Bonchev–Trinajstić information content (AvgIpc) is 3.05. The third-order valence-electron chi connectivity index (χ3n) is 4.48. The number of aliphatic hydroxyl groups is 1. The molecule has 0 saturated heterocycles. The van der Waals surface area contributed by atoms with E-state index in [4.69, 9.17) is 4.74 Å². The molecule has 2 N–H and O–H groups in total. The maximum Gasteiger partial charge on any atom is 0.254 e. The first-order valence-corrected chi connectivity index (χ1v) is 8.23. The molecule has 1 saturated carbocycles. The Hall–Kier alpha value is -1.39. The van der Waals surface area contributed by atoms with E-state index in [0.29, 0.717) is 0 Å². The van der Waals surface area contributed by atoms with Crippen molar-refractivity contribution < 1.29 is 14.6 Å². The third-order valence-corrected chi connectivity index (χ3v) is 4.48. The Bertz CT molecular complexity index is 457. The van der Waals surface area contributed by atoms with Crippen LogP contribution in [0.2, 0.25) is 0 Å². The summed E-state index contributed by atoms with van der Waals surface area (Å²) in [7, 11) is 0. The van der Waals surface area contributed by atoms with Gasteiger partial charge in [-0.25, -0.2) is 0 Å². The van der Waals surface area contributed by atoms with E-state index >= 15 is 0 Å². The van der Waals surface area contributed by atoms with Crippen LogP contribution in [0.5, 0.6) is 0 Å². The van der Waals surface area contributed by atoms with Gasteiger partial charge in [0.15, 0.2) is 6.10 Å². The van der Waals surface area contributed by atoms with Crippen LogP contribution in [0.4, 0.5) is 0 Å². The Morgan fingerprint density at radius 1 is 1.27 bits per heavy atom. The molecule has 1 aliphatic rings. The Balaban J connectivity index is 2.07. The highest BCUT2D eigenvalue weighted by molar-refractivity contribution is 5.82. The predicted molar refractivity (Wildman–Crippen MR) is 86.4 cm³/mol. The summed E-state index contributed by atoms with van der Waals surface area (Å²) in [6, 6.07) is 9.56. The minimum atomic E-state index is -0.572. The Kier molecular flexibility index (Phi) is 6.40. The van der Waals surface area contributed by atoms with Crippen LogP contribution in [0, 0.1) is 5.92 Å². The van der Waals surface area contributed by atoms with Crippen LogP contribution in [0.1, 0.15) is 51.2 Å². The second-order valence-electron chi connectivity index (χ2n) is 6.29. The van der Waals surface area contributed by atoms with E-state index in [1.54, 1.807) is 0 Å². The fourth-order valence-corrected chi connectivity index (χ4v) is 2.74. The molecule has 0 bridgehead atoms. The zero-order chi connectivity index (χ0) is 15.9. The molecule has 4 heteroatoms. The number of rotatable bonds is 7. The van der Waals surface area contributed by atoms with Gasteiger partial charge in [0.05, 0.1) is 6.10 Å². The molecular formula is C18H27NO3. The van der Waals surface area contributed by atoms with Crippen LogP contribution >= 0.6 is 0 Å². The number of nitrogens with one attached hydrogen (secondary N) is 1. The van der Waals surface area contributed by atoms with E-state index in [0.717, 1.165) is 18.4 Å². The molecule has 1 amide bonds. The van der Waals surface area contributed by atoms with Crippen molar-refractivity contribution in [2.45, 2.75) is 57.8 Å². The second kappa shape index (κ2) is 8.30. The Morgan fingerprint density at radius 3 is 2.50 bits per heavy atom. The number of aliphatic hydroxyl groups excluding tert-OH is 1. The summed E-state index contributed by atoms with van der Waals surface area (Å²) in [5.74, 6) is -0.0993. The fourth-order valence-electron chi connectivity index (χ4n) is 2.74. The molecule has 0 aromatic heterocycles. The quantitative estimate of drug-likeness (QED) is 0.814. The van der Waals surface area contributed by atoms with Gasteiger partial charge in [0.2, 0.25) is 0 Å². The van der Waals surface area contributed by atoms with Crippen LogP contribution in [0.15, 0.2) is 30.3 Å². The maximum atomic E-state index is 12.6. The molecule has 1 aliphatic carbocycles. The summed E-state index contributed by atoms with van der Waals surface area (Å²) >= 11 is 0. The van der Waals surface area contributed by atoms with Crippen molar-refractivity contribution in [2.75, 3.05) is 6.61 Å². The average molecular weight is 305 g/mol. The first-order chi connectivity index (χ1) is 10.6. The topological polar surface area (TPSA) is 58.6 Å². The highest BCUT2D eigenvalue weighted by Gasteiger charge is 2.28. The van der Waals surface area contributed by atoms with Gasteiger partial charge in [0.25, 0.3) is 5.91 Å². The van der Waals surface area contributed by atoms with E-state index in [1.165, 1.54) is 12.8 Å². The van der Waals surface area contributed by atoms with Gasteiger partial charge in [-0.15, -0.1) is 0 Å². The first kappa shape index (κ1) is 17.0. The SMILES string of the molecule is CC(CO)C(C)NC(=O)C(OC1CCCC1)c1ccccc1. The molecule has 4 nitrogen and oxygen atoms in total. The van der Waals surface area contributed by atoms with Crippen molar-refractivity contribution in [3.8, 4) is 0 Å². The lowest BCUT2D eigenvalue weighted by Crippen LogP contribution is -2.42. The molecule has 1 aromatic carbocycles. The molecule has 3 atom stereocenters. The molecule has 1 aromatic rings. The van der Waals surface area contributed by atoms with Gasteiger partial charge in [-0.3, -0.25) is 4.79 Å². The third kappa shape index (κ3) is 4.55. The van der Waals surface area contributed by atoms with Gasteiger partial charge in [0.1, 0.15) is 0 Å². The second-order valence-corrected chi connectivity index (χ2v) is 6.29. The molecule has 22 heavy (non-hydrogen) atoms. The summed E-state index contributed by atoms with van der Waals surface area (Å²) in [5.41, 5.74) is 0.885. The van der Waals surface area contributed by atoms with Crippen LogP contribution in [-0.4, -0.2) is 29.8 Å². The van der Waals surface area contributed by atoms with Crippen molar-refractivity contribution in [3.63, 3.8) is 0 Å². The van der Waals surface area contributed by atoms with Gasteiger partial charge < -0.3 is 15.2 Å². The van der Waals surface area contributed by atoms with Gasteiger partial charge >= 0.3 is 0 Å². The lowest BCUT2D eigenvalue weighted by molar-refractivity contribution is -0.138. The largest absolute Gasteiger partial charge is 0.396 e. The van der Waals surface area contributed by atoms with Crippen molar-refractivity contribution >= 4 is 5.91 Å². The van der Waals surface area contributed by atoms with Crippen LogP contribution in [0.3, 0.4) is 0 Å². The van der Waals surface area contributed by atoms with E-state index < -0.39 is 6.10 Å². The molecule has 0 heterocycles. The molecule has 0 spiro atoms. The zero-order valence-corrected chi connectivity index (χ0v) is 13.5. The molecule has 0 radical (unpaired) electrons. The predicted octanol–water partition coefficient (Wildman–Crippen LogP) is 2.82. The van der Waals surface area contributed by atoms with E-state index in [-0.39, 0.29) is 30.6 Å². The summed E-state index contributed by atoms with van der Waals surface area (Å²) in [6.07, 6.45) is 4.00. The van der Waals surface area contributed by atoms with E-state index in [9.17, 15) is 9.90 Å². The summed E-state index contributed by atoms with van der Waals surface area (Å²) in [6.45, 7) is 3.89. The van der Waals surface area contributed by atoms with Gasteiger partial charge in [0, 0.05) is 12.6 Å². The van der Waals surface area contributed by atoms with Crippen molar-refractivity contribution in [1.29, 1.82) is 0 Å². The van der Waals surface area contributed by atoms with Crippen LogP contribution in [0.25, 0.3) is 0 Å². The summed E-state index contributed by atoms with van der Waals surface area (Å²) in [5, 5.41) is 12.2. The summed E-state index contributed by atoms with van der Waals surface area (Å²) in [4.78, 5) is 12.6. The lowest BCUT2D eigenvalue weighted by atomic mass is 10.0. The first-order valence-electron chi connectivity index (χ1n) is 8.23. The van der Waals surface area contributed by atoms with Gasteiger partial charge in [-0.05, 0) is 31.2 Å². The maximum absolute atomic E-state index is 12.6. The number of benzene rings is 1. The van der Waals surface area contributed by atoms with Gasteiger partial charge in [-0.2, -0.15) is 0 Å². The molecule has 122 valence electrons. The molecule has 0 aliphatic heterocycles. The van der Waals surface area contributed by atoms with Crippen molar-refractivity contribution in [2.24, 2.45) is 5.92 Å². The number of carbonyl (C=O) groups is 1. The standard InChI is InChI=1S/C18H27NO3/c1-13(12-20)14(2)19-18(21)17(15-8-4-3-5-9-15)22-16-10-6-7-11-16/h3-5,8-9,13-14,16-17,20H,6-7,10-12H2,1-2H3,(H,19,21). The minimum Gasteiger partial charge on any atom is -0.396 e. The normalized spacial score (nSPS) is 19.6. The zero-order valence-electron chi connectivity index (χ0n) is 13.5. The molecule has 3 unspecified atom stereocenters. The van der Waals surface area contributed by atoms with E-state index in [2.05, 4.69) is 5.32 Å². The molecule has 1 fully saturated rings. The van der Waals surface area contributed by atoms with Gasteiger partial charge in [-0.1, -0.05) is 50.1 Å². The number of ether oxygens (including phenoxy) is 1. The molecule has 2 rings (SSSR count). The minimum absolute atomic E-state index is 0.0202. The monoisotopic (exact) mass is 305 g/mol. The lowest BCUT2D eigenvalue weighted by Gasteiger charge is -2.25. The number of hydrogen-bond donors (Lipinski definition) is 2. The van der Waals surface area contributed by atoms with Crippen molar-refractivity contribution in [1.82, 2.24) is 5.32 Å². The highest BCUT2D eigenvalue weighted by atomic mass is 16.5. The fraction of sp³-hybridized carbons (Fsp3) is 0.611. The van der Waals surface area contributed by atoms with Crippen LogP contribution in [-0.2, 0) is 9.53 Å². The highest BCUT2D eigenvalue weighted by Crippen LogP contribution is 2.28. The number of hydrogen-bond acceptors (Lipinski definition) is 3. The van der Waals surface area contributed by atoms with Crippen molar-refractivity contribution in [3.05, 3.63) is 35.9 Å². The molecular weight excluding hydrogens is 278 g/mol. The summed E-state index contributed by atoms with van der Waals surface area (Å²) < 4.78 is 6.10. The Morgan fingerprint density at radius 2 is 1.91 bits per heavy atom. The smallest absolute Gasteiger partial charge is 0.254 e. The van der Waals surface area contributed by atoms with Crippen LogP contribution < -0.4 is 5.32 Å². The van der Waals surface area contributed by atoms with E-state index in [1.807, 2.05) is 44.2 Å². The number of carbonyl (C=O) groups excluding carboxylic acids is 1. The number of amides is 1.